The van der Waals surface area contributed by atoms with Crippen molar-refractivity contribution >= 4 is 0 Å². The Morgan fingerprint density at radius 1 is 0.192 bits per heavy atom. The molecule has 0 saturated carbocycles. The average Bonchev–Trinajstić information content (AvgIpc) is 3.43. The maximum absolute atomic E-state index is 11.7. The number of aliphatic hydroxyl groups excluding tert-OH is 23. The summed E-state index contributed by atoms with van der Waals surface area (Å²) in [6.45, 7) is -7.18. The quantitative estimate of drug-likeness (QED) is 0.0571. The van der Waals surface area contributed by atoms with Gasteiger partial charge in [0.2, 0.25) is 0 Å². The van der Waals surface area contributed by atoms with Crippen molar-refractivity contribution in [1.82, 2.24) is 0 Å². The van der Waals surface area contributed by atoms with E-state index in [0.717, 1.165) is 0 Å². The van der Waals surface area contributed by atoms with Crippen LogP contribution in [-0.2, 0) is 61.6 Å². The van der Waals surface area contributed by atoms with E-state index in [1.165, 1.54) is 0 Å². The van der Waals surface area contributed by atoms with Crippen LogP contribution in [0.2, 0.25) is 0 Å². The highest BCUT2D eigenvalue weighted by molar-refractivity contribution is 5.01. The first kappa shape index (κ1) is 64.1. The lowest BCUT2D eigenvalue weighted by Crippen LogP contribution is -2.69. The van der Waals surface area contributed by atoms with E-state index in [1.807, 2.05) is 0 Å². The van der Waals surface area contributed by atoms with E-state index in [1.54, 1.807) is 0 Å². The Balaban J connectivity index is 1.20. The SMILES string of the molecule is OC[C@H]1O[C@@H](O[C@H]2[C@H](O[C@H]3[C@H](O[C@H]4[C@H](O[C@H]5[C@H](O[C@H]6[C@H](O[C@@H]7[C@@H](O)[C@H](O)[C@@H](CO)O[C@H]7O)O[C@H](CO)[C@@H](O)[C@@H]6O)O[C@H](CO)[C@@H](O)[C@@H]5O)O[C@H](CO)[C@@H](O)[C@@H]4O)O[C@H](CO)[C@@H](O)[C@@H]3O)O[C@H](CO)[C@@H](O)[C@@H]2O)[C@H](O)[C@@H](O)[C@@H]1O. The summed E-state index contributed by atoms with van der Waals surface area (Å²) in [6.07, 6.45) is -72.5. The highest BCUT2D eigenvalue weighted by Crippen LogP contribution is 2.39. The number of hydrogen-bond acceptors (Lipinski definition) is 36. The standard InChI is InChI=1S/C42H72O36/c43-1-8-16(51)23(58)30(36(65)66-8)73-38-32(25(60)18(53)10(3-45)68-38)75-40-34(27(62)20(55)12(5-47)70-40)77-42-35(28(63)21(56)14(7-49)72-42)78-41-33(26(61)19(54)13(6-48)71-41)76-39-31(24(59)17(52)11(4-46)69-39)74-37-29(64)22(57)15(50)9(2-44)67-37/h8-65H,1-7H2/t8-,9-,10-,11-,12-,13-,14-,15-,16-,17-,18-,19-,20-,21-,22+,23+,24+,25+,26+,27+,28+,29-,30-,31-,32-,33-,34-,35-,36-,37+,38+,39+,40+,41+,42+/m1/s1. The summed E-state index contributed by atoms with van der Waals surface area (Å²) < 4.78 is 74.3. The Labute approximate surface area is 439 Å². The second-order valence-electron chi connectivity index (χ2n) is 19.6. The largest absolute Gasteiger partial charge is 0.394 e. The van der Waals surface area contributed by atoms with Crippen molar-refractivity contribution in [3.63, 3.8) is 0 Å². The molecule has 0 unspecified atom stereocenters. The van der Waals surface area contributed by atoms with Gasteiger partial charge in [0, 0.05) is 0 Å². The molecule has 0 aromatic heterocycles. The first-order valence-electron chi connectivity index (χ1n) is 24.7. The van der Waals surface area contributed by atoms with Crippen molar-refractivity contribution in [3.05, 3.63) is 0 Å². The van der Waals surface area contributed by atoms with E-state index in [2.05, 4.69) is 0 Å². The second kappa shape index (κ2) is 27.5. The Bertz CT molecular complexity index is 1820. The summed E-state index contributed by atoms with van der Waals surface area (Å²) in [4.78, 5) is 0. The zero-order valence-electron chi connectivity index (χ0n) is 40.8. The first-order chi connectivity index (χ1) is 37.0. The van der Waals surface area contributed by atoms with Crippen molar-refractivity contribution in [1.29, 1.82) is 0 Å². The maximum Gasteiger partial charge on any atom is 0.187 e. The normalized spacial score (nSPS) is 53.5. The van der Waals surface area contributed by atoms with E-state index < -0.39 is 261 Å². The average molecular weight is 1150 g/mol. The molecule has 0 amide bonds. The summed E-state index contributed by atoms with van der Waals surface area (Å²) in [5.74, 6) is 0. The van der Waals surface area contributed by atoms with E-state index >= 15 is 0 Å². The summed E-state index contributed by atoms with van der Waals surface area (Å²) >= 11 is 0. The molecule has 0 radical (unpaired) electrons. The minimum atomic E-state index is -2.34. The van der Waals surface area contributed by atoms with Crippen LogP contribution < -0.4 is 0 Å². The van der Waals surface area contributed by atoms with Crippen LogP contribution in [0.5, 0.6) is 0 Å². The molecule has 23 N–H and O–H groups in total. The van der Waals surface area contributed by atoms with Crippen LogP contribution in [-0.4, -0.2) is 379 Å². The lowest BCUT2D eigenvalue weighted by atomic mass is 9.95. The van der Waals surface area contributed by atoms with Crippen LogP contribution in [0.4, 0.5) is 0 Å². The zero-order chi connectivity index (χ0) is 57.3. The maximum atomic E-state index is 11.7. The summed E-state index contributed by atoms with van der Waals surface area (Å²) in [5, 5.41) is 246. The molecule has 7 fully saturated rings. The molecule has 7 aliphatic heterocycles. The van der Waals surface area contributed by atoms with Crippen LogP contribution in [0.3, 0.4) is 0 Å². The number of ether oxygens (including phenoxy) is 13. The van der Waals surface area contributed by atoms with Crippen molar-refractivity contribution in [3.8, 4) is 0 Å². The fraction of sp³-hybridized carbons (Fsp3) is 1.00. The molecule has 7 heterocycles. The van der Waals surface area contributed by atoms with Gasteiger partial charge in [-0.05, 0) is 0 Å². The molecule has 0 spiro atoms. The summed E-state index contributed by atoms with van der Waals surface area (Å²) in [7, 11) is 0. The van der Waals surface area contributed by atoms with Crippen LogP contribution in [0.15, 0.2) is 0 Å². The third kappa shape index (κ3) is 12.9. The van der Waals surface area contributed by atoms with Gasteiger partial charge in [0.15, 0.2) is 44.0 Å². The molecule has 7 rings (SSSR count). The molecule has 0 aliphatic carbocycles. The molecule has 36 heteroatoms. The molecular formula is C42H72O36. The van der Waals surface area contributed by atoms with Gasteiger partial charge >= 0.3 is 0 Å². The van der Waals surface area contributed by atoms with Crippen LogP contribution >= 0.6 is 0 Å². The van der Waals surface area contributed by atoms with Crippen LogP contribution in [0.25, 0.3) is 0 Å². The van der Waals surface area contributed by atoms with Crippen LogP contribution in [0.1, 0.15) is 0 Å². The molecule has 0 bridgehead atoms. The summed E-state index contributed by atoms with van der Waals surface area (Å²) in [5.41, 5.74) is 0. The lowest BCUT2D eigenvalue weighted by molar-refractivity contribution is -0.420. The van der Waals surface area contributed by atoms with Gasteiger partial charge < -0.3 is 179 Å². The molecule has 78 heavy (non-hydrogen) atoms. The topological polar surface area (TPSA) is 585 Å². The van der Waals surface area contributed by atoms with Gasteiger partial charge in [0.05, 0.1) is 46.2 Å². The molecule has 456 valence electrons. The highest BCUT2D eigenvalue weighted by atomic mass is 16.8. The Hall–Kier alpha value is -1.44. The molecule has 36 nitrogen and oxygen atoms in total. The zero-order valence-corrected chi connectivity index (χ0v) is 40.8. The van der Waals surface area contributed by atoms with Gasteiger partial charge in [-0.1, -0.05) is 0 Å². The van der Waals surface area contributed by atoms with Gasteiger partial charge in [-0.3, -0.25) is 0 Å². The molecule has 7 aliphatic rings. The fourth-order valence-electron chi connectivity index (χ4n) is 9.88. The molecule has 7 saturated heterocycles. The predicted molar refractivity (Wildman–Crippen MR) is 232 cm³/mol. The predicted octanol–water partition coefficient (Wildman–Crippen LogP) is -16.3. The molecule has 0 aromatic carbocycles. The van der Waals surface area contributed by atoms with Gasteiger partial charge in [0.1, 0.15) is 171 Å². The molecule has 35 atom stereocenters. The van der Waals surface area contributed by atoms with E-state index in [0.29, 0.717) is 0 Å². The van der Waals surface area contributed by atoms with Crippen molar-refractivity contribution in [2.75, 3.05) is 46.2 Å². The van der Waals surface area contributed by atoms with Gasteiger partial charge in [0.25, 0.3) is 0 Å². The van der Waals surface area contributed by atoms with E-state index in [9.17, 15) is 117 Å². The molecular weight excluding hydrogens is 1080 g/mol. The van der Waals surface area contributed by atoms with Gasteiger partial charge in [-0.2, -0.15) is 0 Å². The first-order valence-corrected chi connectivity index (χ1v) is 24.7. The monoisotopic (exact) mass is 1150 g/mol. The Morgan fingerprint density at radius 2 is 0.372 bits per heavy atom. The van der Waals surface area contributed by atoms with Crippen LogP contribution in [0, 0.1) is 0 Å². The fourth-order valence-corrected chi connectivity index (χ4v) is 9.88. The number of rotatable bonds is 19. The second-order valence-corrected chi connectivity index (χ2v) is 19.6. The van der Waals surface area contributed by atoms with Gasteiger partial charge in [-0.25, -0.2) is 0 Å². The Kier molecular flexibility index (Phi) is 22.6. The van der Waals surface area contributed by atoms with Crippen molar-refractivity contribution in [2.45, 2.75) is 215 Å². The van der Waals surface area contributed by atoms with Gasteiger partial charge in [-0.15, -0.1) is 0 Å². The minimum absolute atomic E-state index is 0.890. The third-order valence-electron chi connectivity index (χ3n) is 14.6. The van der Waals surface area contributed by atoms with Crippen molar-refractivity contribution in [2.24, 2.45) is 0 Å². The lowest BCUT2D eigenvalue weighted by Gasteiger charge is -2.51. The minimum Gasteiger partial charge on any atom is -0.394 e. The number of hydrogen-bond donors (Lipinski definition) is 23. The van der Waals surface area contributed by atoms with Crippen molar-refractivity contribution < 1.29 is 179 Å². The summed E-state index contributed by atoms with van der Waals surface area (Å²) in [6, 6.07) is 0. The third-order valence-corrected chi connectivity index (χ3v) is 14.6. The Morgan fingerprint density at radius 3 is 0.615 bits per heavy atom. The molecule has 0 aromatic rings. The van der Waals surface area contributed by atoms with E-state index in [-0.39, 0.29) is 0 Å². The number of aliphatic hydroxyl groups is 23. The highest BCUT2D eigenvalue weighted by Gasteiger charge is 2.59. The van der Waals surface area contributed by atoms with E-state index in [4.69, 9.17) is 61.6 Å². The smallest absolute Gasteiger partial charge is 0.187 e.